The molecule has 3 aromatic rings. The summed E-state index contributed by atoms with van der Waals surface area (Å²) in [6.45, 7) is 4.32. The van der Waals surface area contributed by atoms with E-state index < -0.39 is 17.2 Å². The highest BCUT2D eigenvalue weighted by Crippen LogP contribution is 2.24. The maximum absolute atomic E-state index is 13.5. The summed E-state index contributed by atoms with van der Waals surface area (Å²) in [5.41, 5.74) is 6.29. The number of H-pyrrole nitrogens is 1. The fraction of sp³-hybridized carbons (Fsp3) is 0.350. The van der Waals surface area contributed by atoms with Crippen LogP contribution in [0, 0.1) is 0 Å². The Bertz CT molecular complexity index is 1140. The van der Waals surface area contributed by atoms with E-state index >= 15 is 0 Å². The molecule has 0 saturated heterocycles. The van der Waals surface area contributed by atoms with Crippen LogP contribution in [0.2, 0.25) is 0 Å². The number of nitrogens with zero attached hydrogens (tertiary/aromatic N) is 4. The van der Waals surface area contributed by atoms with Crippen LogP contribution in [0.1, 0.15) is 47.6 Å². The third kappa shape index (κ3) is 4.33. The summed E-state index contributed by atoms with van der Waals surface area (Å²) in [5.74, 6) is -0.458. The van der Waals surface area contributed by atoms with Gasteiger partial charge in [-0.1, -0.05) is 55.1 Å². The molecular formula is C20H24N6O3S. The number of carbonyl (C=O) groups excluding carboxylic acids is 1. The fourth-order valence-corrected chi connectivity index (χ4v) is 3.82. The first kappa shape index (κ1) is 21.4. The van der Waals surface area contributed by atoms with Crippen molar-refractivity contribution in [2.45, 2.75) is 46.2 Å². The van der Waals surface area contributed by atoms with Crippen molar-refractivity contribution < 1.29 is 4.79 Å². The van der Waals surface area contributed by atoms with Gasteiger partial charge < -0.3 is 5.73 Å². The molecule has 9 nitrogen and oxygen atoms in total. The first-order chi connectivity index (χ1) is 14.5. The van der Waals surface area contributed by atoms with Crippen molar-refractivity contribution >= 4 is 28.9 Å². The molecule has 0 bridgehead atoms. The van der Waals surface area contributed by atoms with E-state index in [9.17, 15) is 14.4 Å². The van der Waals surface area contributed by atoms with Gasteiger partial charge in [-0.05, 0) is 29.9 Å². The predicted molar refractivity (Wildman–Crippen MR) is 117 cm³/mol. The molecule has 2 aromatic heterocycles. The molecule has 158 valence electrons. The number of amides is 1. The van der Waals surface area contributed by atoms with Gasteiger partial charge in [-0.25, -0.2) is 4.79 Å². The van der Waals surface area contributed by atoms with E-state index in [-0.39, 0.29) is 18.1 Å². The van der Waals surface area contributed by atoms with Gasteiger partial charge in [-0.15, -0.1) is 5.10 Å². The number of aromatic amines is 1. The molecule has 0 unspecified atom stereocenters. The number of carbonyl (C=O) groups is 1. The Kier molecular flexibility index (Phi) is 6.78. The van der Waals surface area contributed by atoms with Gasteiger partial charge >= 0.3 is 5.69 Å². The number of nitrogens with two attached hydrogens (primary N) is 1. The average molecular weight is 429 g/mol. The van der Waals surface area contributed by atoms with Gasteiger partial charge in [0.1, 0.15) is 10.7 Å². The van der Waals surface area contributed by atoms with E-state index in [0.29, 0.717) is 30.0 Å². The van der Waals surface area contributed by atoms with Crippen LogP contribution in [0.3, 0.4) is 0 Å². The van der Waals surface area contributed by atoms with Gasteiger partial charge in [0, 0.05) is 6.54 Å². The van der Waals surface area contributed by atoms with Gasteiger partial charge in [0.05, 0.1) is 12.2 Å². The Hall–Kier alpha value is -3.27. The van der Waals surface area contributed by atoms with Crippen LogP contribution < -0.4 is 21.9 Å². The minimum absolute atomic E-state index is 0.0306. The highest BCUT2D eigenvalue weighted by Gasteiger charge is 2.28. The average Bonchev–Trinajstić information content (AvgIpc) is 3.22. The molecular weight excluding hydrogens is 404 g/mol. The standard InChI is InChI=1S/C20H24N6O3S/c1-3-5-11-25-17(21)15(18(27)22-20(25)29)26(12-13-9-7-6-8-10-13)19(28)16-14(4-2)23-24-30-16/h6-10H,3-5,11-12,21H2,1-2H3,(H,22,27,29). The van der Waals surface area contributed by atoms with Crippen molar-refractivity contribution in [2.24, 2.45) is 0 Å². The molecule has 0 aliphatic carbocycles. The van der Waals surface area contributed by atoms with Gasteiger partial charge in [0.25, 0.3) is 11.5 Å². The van der Waals surface area contributed by atoms with Crippen LogP contribution in [-0.4, -0.2) is 25.0 Å². The Morgan fingerprint density at radius 3 is 2.63 bits per heavy atom. The van der Waals surface area contributed by atoms with E-state index in [1.807, 2.05) is 44.2 Å². The smallest absolute Gasteiger partial charge is 0.330 e. The number of hydrogen-bond acceptors (Lipinski definition) is 7. The number of aryl methyl sites for hydroxylation is 1. The second kappa shape index (κ2) is 9.49. The third-order valence-electron chi connectivity index (χ3n) is 4.73. The second-order valence-corrected chi connectivity index (χ2v) is 7.53. The highest BCUT2D eigenvalue weighted by molar-refractivity contribution is 7.08. The maximum atomic E-state index is 13.5. The maximum Gasteiger partial charge on any atom is 0.330 e. The molecule has 0 saturated carbocycles. The lowest BCUT2D eigenvalue weighted by Gasteiger charge is -2.24. The van der Waals surface area contributed by atoms with E-state index in [4.69, 9.17) is 5.73 Å². The van der Waals surface area contributed by atoms with E-state index in [0.717, 1.165) is 23.5 Å². The van der Waals surface area contributed by atoms with Crippen LogP contribution in [0.5, 0.6) is 0 Å². The molecule has 3 rings (SSSR count). The number of benzene rings is 1. The first-order valence-corrected chi connectivity index (χ1v) is 10.5. The number of aromatic nitrogens is 4. The minimum atomic E-state index is -0.704. The molecule has 0 aliphatic heterocycles. The molecule has 1 amide bonds. The van der Waals surface area contributed by atoms with Crippen molar-refractivity contribution in [3.8, 4) is 0 Å². The van der Waals surface area contributed by atoms with Crippen LogP contribution in [0.15, 0.2) is 39.9 Å². The monoisotopic (exact) mass is 428 g/mol. The normalized spacial score (nSPS) is 10.9. The van der Waals surface area contributed by atoms with Crippen molar-refractivity contribution in [3.05, 3.63) is 67.3 Å². The quantitative estimate of drug-likeness (QED) is 0.566. The fourth-order valence-electron chi connectivity index (χ4n) is 3.12. The largest absolute Gasteiger partial charge is 0.383 e. The topological polar surface area (TPSA) is 127 Å². The number of rotatable bonds is 8. The van der Waals surface area contributed by atoms with Crippen LogP contribution in [-0.2, 0) is 19.5 Å². The SMILES string of the molecule is CCCCn1c(N)c(N(Cc2ccccc2)C(=O)c2snnc2CC)c(=O)[nH]c1=O. The Balaban J connectivity index is 2.16. The molecule has 0 aliphatic rings. The summed E-state index contributed by atoms with van der Waals surface area (Å²) < 4.78 is 5.19. The van der Waals surface area contributed by atoms with E-state index in [1.54, 1.807) is 0 Å². The summed E-state index contributed by atoms with van der Waals surface area (Å²) in [4.78, 5) is 42.5. The number of nitrogen functional groups attached to an aromatic ring is 1. The summed E-state index contributed by atoms with van der Waals surface area (Å²) in [6, 6.07) is 9.26. The molecule has 0 spiro atoms. The summed E-state index contributed by atoms with van der Waals surface area (Å²) in [7, 11) is 0. The zero-order valence-electron chi connectivity index (χ0n) is 16.9. The molecule has 0 atom stereocenters. The highest BCUT2D eigenvalue weighted by atomic mass is 32.1. The zero-order valence-corrected chi connectivity index (χ0v) is 17.7. The van der Waals surface area contributed by atoms with Crippen LogP contribution in [0.25, 0.3) is 0 Å². The molecule has 1 aromatic carbocycles. The van der Waals surface area contributed by atoms with Crippen molar-refractivity contribution in [1.82, 2.24) is 19.1 Å². The Morgan fingerprint density at radius 2 is 1.97 bits per heavy atom. The minimum Gasteiger partial charge on any atom is -0.383 e. The Morgan fingerprint density at radius 1 is 1.23 bits per heavy atom. The van der Waals surface area contributed by atoms with Gasteiger partial charge in [-0.3, -0.25) is 24.0 Å². The predicted octanol–water partition coefficient (Wildman–Crippen LogP) is 2.18. The summed E-state index contributed by atoms with van der Waals surface area (Å²) in [6.07, 6.45) is 2.08. The summed E-state index contributed by atoms with van der Waals surface area (Å²) in [5, 5.41) is 4.00. The van der Waals surface area contributed by atoms with Crippen LogP contribution >= 0.6 is 11.5 Å². The molecule has 0 radical (unpaired) electrons. The molecule has 30 heavy (non-hydrogen) atoms. The van der Waals surface area contributed by atoms with Gasteiger partial charge in [0.2, 0.25) is 0 Å². The number of nitrogens with one attached hydrogen (secondary N) is 1. The number of hydrogen-bond donors (Lipinski definition) is 2. The lowest BCUT2D eigenvalue weighted by molar-refractivity contribution is 0.0987. The first-order valence-electron chi connectivity index (χ1n) is 9.77. The van der Waals surface area contributed by atoms with E-state index in [2.05, 4.69) is 14.6 Å². The second-order valence-electron chi connectivity index (χ2n) is 6.78. The molecule has 10 heteroatoms. The Labute approximate surface area is 177 Å². The van der Waals surface area contributed by atoms with Crippen molar-refractivity contribution in [2.75, 3.05) is 10.6 Å². The molecule has 0 fully saturated rings. The van der Waals surface area contributed by atoms with Gasteiger partial charge in [-0.2, -0.15) is 0 Å². The third-order valence-corrected chi connectivity index (χ3v) is 5.49. The summed E-state index contributed by atoms with van der Waals surface area (Å²) >= 11 is 0.975. The lowest BCUT2D eigenvalue weighted by atomic mass is 10.2. The molecule has 3 N–H and O–H groups in total. The van der Waals surface area contributed by atoms with E-state index in [1.165, 1.54) is 9.47 Å². The van der Waals surface area contributed by atoms with Crippen molar-refractivity contribution in [1.29, 1.82) is 0 Å². The molecule has 2 heterocycles. The van der Waals surface area contributed by atoms with Gasteiger partial charge in [0.15, 0.2) is 5.69 Å². The van der Waals surface area contributed by atoms with Crippen LogP contribution in [0.4, 0.5) is 11.5 Å². The van der Waals surface area contributed by atoms with Crippen molar-refractivity contribution in [3.63, 3.8) is 0 Å². The lowest BCUT2D eigenvalue weighted by Crippen LogP contribution is -2.41. The number of unbranched alkanes of at least 4 members (excludes halogenated alkanes) is 1. The number of anilines is 2. The zero-order chi connectivity index (χ0) is 21.7.